The molecule has 0 amide bonds. The van der Waals surface area contributed by atoms with Crippen LogP contribution in [0.5, 0.6) is 0 Å². The van der Waals surface area contributed by atoms with Gasteiger partial charge in [-0.05, 0) is 74.1 Å². The van der Waals surface area contributed by atoms with Crippen LogP contribution in [0.25, 0.3) is 0 Å². The Labute approximate surface area is 128 Å². The maximum absolute atomic E-state index is 6.17. The van der Waals surface area contributed by atoms with Gasteiger partial charge in [-0.15, -0.1) is 0 Å². The van der Waals surface area contributed by atoms with Crippen molar-refractivity contribution in [2.24, 2.45) is 17.8 Å². The highest BCUT2D eigenvalue weighted by Gasteiger charge is 2.40. The lowest BCUT2D eigenvalue weighted by molar-refractivity contribution is 0.279. The summed E-state index contributed by atoms with van der Waals surface area (Å²) < 4.78 is 0. The number of halogens is 1. The van der Waals surface area contributed by atoms with Crippen LogP contribution in [0.3, 0.4) is 0 Å². The zero-order valence-electron chi connectivity index (χ0n) is 12.4. The Bertz CT molecular complexity index is 445. The maximum Gasteiger partial charge on any atom is 0.0409 e. The first-order chi connectivity index (χ1) is 9.76. The molecule has 2 heteroatoms. The van der Waals surface area contributed by atoms with Crippen LogP contribution in [0.2, 0.25) is 5.02 Å². The predicted molar refractivity (Wildman–Crippen MR) is 86.0 cm³/mol. The highest BCUT2D eigenvalue weighted by Crippen LogP contribution is 2.51. The van der Waals surface area contributed by atoms with E-state index in [2.05, 4.69) is 30.4 Å². The van der Waals surface area contributed by atoms with Gasteiger partial charge < -0.3 is 5.32 Å². The summed E-state index contributed by atoms with van der Waals surface area (Å²) in [4.78, 5) is 0. The van der Waals surface area contributed by atoms with Gasteiger partial charge in [0.25, 0.3) is 0 Å². The SMILES string of the molecule is CCCNC(CC1CC2CCC1C2)c1cccc(Cl)c1. The largest absolute Gasteiger partial charge is 0.310 e. The Morgan fingerprint density at radius 3 is 2.85 bits per heavy atom. The van der Waals surface area contributed by atoms with Crippen LogP contribution in [0.4, 0.5) is 0 Å². The van der Waals surface area contributed by atoms with E-state index in [0.717, 1.165) is 29.3 Å². The molecule has 0 heterocycles. The molecule has 4 unspecified atom stereocenters. The molecular weight excluding hydrogens is 266 g/mol. The van der Waals surface area contributed by atoms with Crippen molar-refractivity contribution in [3.63, 3.8) is 0 Å². The molecule has 1 aromatic carbocycles. The second-order valence-electron chi connectivity index (χ2n) is 6.73. The van der Waals surface area contributed by atoms with Crippen molar-refractivity contribution >= 4 is 11.6 Å². The Kier molecular flexibility index (Phi) is 4.68. The Morgan fingerprint density at radius 2 is 2.20 bits per heavy atom. The molecule has 1 aromatic rings. The van der Waals surface area contributed by atoms with Crippen LogP contribution >= 0.6 is 11.6 Å². The summed E-state index contributed by atoms with van der Waals surface area (Å²) in [7, 11) is 0. The topological polar surface area (TPSA) is 12.0 Å². The van der Waals surface area contributed by atoms with E-state index < -0.39 is 0 Å². The van der Waals surface area contributed by atoms with Crippen molar-refractivity contribution in [1.29, 1.82) is 0 Å². The molecule has 20 heavy (non-hydrogen) atoms. The van der Waals surface area contributed by atoms with Gasteiger partial charge in [0.05, 0.1) is 0 Å². The lowest BCUT2D eigenvalue weighted by Gasteiger charge is -2.28. The van der Waals surface area contributed by atoms with E-state index in [-0.39, 0.29) is 0 Å². The molecule has 1 N–H and O–H groups in total. The maximum atomic E-state index is 6.17. The van der Waals surface area contributed by atoms with Gasteiger partial charge in [-0.2, -0.15) is 0 Å². The van der Waals surface area contributed by atoms with Gasteiger partial charge >= 0.3 is 0 Å². The summed E-state index contributed by atoms with van der Waals surface area (Å²) >= 11 is 6.17. The van der Waals surface area contributed by atoms with E-state index >= 15 is 0 Å². The second kappa shape index (κ2) is 6.49. The van der Waals surface area contributed by atoms with Gasteiger partial charge in [0.1, 0.15) is 0 Å². The fourth-order valence-corrected chi connectivity index (χ4v) is 4.55. The molecule has 1 nitrogen and oxygen atoms in total. The number of rotatable bonds is 6. The van der Waals surface area contributed by atoms with Crippen LogP contribution in [0, 0.1) is 17.8 Å². The molecule has 2 fully saturated rings. The molecule has 0 radical (unpaired) electrons. The smallest absolute Gasteiger partial charge is 0.0409 e. The van der Waals surface area contributed by atoms with E-state index in [9.17, 15) is 0 Å². The number of hydrogen-bond donors (Lipinski definition) is 1. The third-order valence-electron chi connectivity index (χ3n) is 5.31. The summed E-state index contributed by atoms with van der Waals surface area (Å²) in [5, 5.41) is 4.60. The first kappa shape index (κ1) is 14.4. The van der Waals surface area contributed by atoms with Gasteiger partial charge in [0.2, 0.25) is 0 Å². The van der Waals surface area contributed by atoms with Crippen molar-refractivity contribution in [3.05, 3.63) is 34.9 Å². The average molecular weight is 292 g/mol. The summed E-state index contributed by atoms with van der Waals surface area (Å²) in [6.07, 6.45) is 8.42. The zero-order valence-corrected chi connectivity index (χ0v) is 13.2. The standard InChI is InChI=1S/C18H26ClN/c1-2-8-20-18(15-4-3-5-17(19)11-15)12-16-10-13-6-7-14(16)9-13/h3-5,11,13-14,16,18,20H,2,6-10,12H2,1H3. The minimum absolute atomic E-state index is 0.484. The van der Waals surface area contributed by atoms with Crippen LogP contribution < -0.4 is 5.32 Å². The Morgan fingerprint density at radius 1 is 1.30 bits per heavy atom. The predicted octanol–water partition coefficient (Wildman–Crippen LogP) is 5.21. The lowest BCUT2D eigenvalue weighted by Crippen LogP contribution is -2.26. The molecule has 2 bridgehead atoms. The van der Waals surface area contributed by atoms with Gasteiger partial charge in [0.15, 0.2) is 0 Å². The summed E-state index contributed by atoms with van der Waals surface area (Å²) in [6, 6.07) is 8.91. The fourth-order valence-electron chi connectivity index (χ4n) is 4.35. The average Bonchev–Trinajstić information content (AvgIpc) is 3.06. The van der Waals surface area contributed by atoms with Crippen LogP contribution in [-0.2, 0) is 0 Å². The van der Waals surface area contributed by atoms with Crippen molar-refractivity contribution in [2.75, 3.05) is 6.54 Å². The molecule has 2 aliphatic carbocycles. The molecule has 0 aliphatic heterocycles. The monoisotopic (exact) mass is 291 g/mol. The second-order valence-corrected chi connectivity index (χ2v) is 7.17. The van der Waals surface area contributed by atoms with E-state index in [0.29, 0.717) is 6.04 Å². The fraction of sp³-hybridized carbons (Fsp3) is 0.667. The first-order valence-corrected chi connectivity index (χ1v) is 8.63. The van der Waals surface area contributed by atoms with Crippen LogP contribution in [0.1, 0.15) is 57.1 Å². The van der Waals surface area contributed by atoms with Gasteiger partial charge in [0, 0.05) is 11.1 Å². The van der Waals surface area contributed by atoms with Crippen molar-refractivity contribution < 1.29 is 0 Å². The molecular formula is C18H26ClN. The Balaban J connectivity index is 1.69. The third-order valence-corrected chi connectivity index (χ3v) is 5.55. The molecule has 3 rings (SSSR count). The number of nitrogens with one attached hydrogen (secondary N) is 1. The number of fused-ring (bicyclic) bond motifs is 2. The minimum Gasteiger partial charge on any atom is -0.310 e. The van der Waals surface area contributed by atoms with Crippen molar-refractivity contribution in [2.45, 2.75) is 51.5 Å². The summed E-state index contributed by atoms with van der Waals surface area (Å²) in [5.74, 6) is 2.98. The van der Waals surface area contributed by atoms with Crippen LogP contribution in [0.15, 0.2) is 24.3 Å². The number of hydrogen-bond acceptors (Lipinski definition) is 1. The molecule has 2 saturated carbocycles. The summed E-state index contributed by atoms with van der Waals surface area (Å²) in [6.45, 7) is 3.33. The van der Waals surface area contributed by atoms with E-state index in [4.69, 9.17) is 11.6 Å². The van der Waals surface area contributed by atoms with Gasteiger partial charge in [-0.25, -0.2) is 0 Å². The number of benzene rings is 1. The Hall–Kier alpha value is -0.530. The molecule has 0 saturated heterocycles. The van der Waals surface area contributed by atoms with E-state index in [1.165, 1.54) is 44.1 Å². The summed E-state index contributed by atoms with van der Waals surface area (Å²) in [5.41, 5.74) is 1.37. The first-order valence-electron chi connectivity index (χ1n) is 8.25. The van der Waals surface area contributed by atoms with Gasteiger partial charge in [-0.3, -0.25) is 0 Å². The highest BCUT2D eigenvalue weighted by atomic mass is 35.5. The quantitative estimate of drug-likeness (QED) is 0.759. The van der Waals surface area contributed by atoms with E-state index in [1.807, 2.05) is 6.07 Å². The van der Waals surface area contributed by atoms with E-state index in [1.54, 1.807) is 0 Å². The minimum atomic E-state index is 0.484. The molecule has 2 aliphatic rings. The lowest BCUT2D eigenvalue weighted by atomic mass is 9.82. The van der Waals surface area contributed by atoms with Gasteiger partial charge in [-0.1, -0.05) is 37.1 Å². The normalized spacial score (nSPS) is 29.8. The molecule has 4 atom stereocenters. The third kappa shape index (κ3) is 3.20. The molecule has 0 aromatic heterocycles. The van der Waals surface area contributed by atoms with Crippen LogP contribution in [-0.4, -0.2) is 6.54 Å². The van der Waals surface area contributed by atoms with Crippen molar-refractivity contribution in [3.8, 4) is 0 Å². The molecule has 110 valence electrons. The molecule has 0 spiro atoms. The highest BCUT2D eigenvalue weighted by molar-refractivity contribution is 6.30. The zero-order chi connectivity index (χ0) is 13.9. The van der Waals surface area contributed by atoms with Crippen molar-refractivity contribution in [1.82, 2.24) is 5.32 Å².